The van der Waals surface area contributed by atoms with Gasteiger partial charge in [-0.25, -0.2) is 4.39 Å². The minimum absolute atomic E-state index is 0.220. The summed E-state index contributed by atoms with van der Waals surface area (Å²) in [5.74, 6) is -0.0633. The standard InChI is InChI=1S/C17H20FNO/c1-3-12-7-9-13(10-8-12)15(19)11-14-5-4-6-16(20-2)17(14)18/h4-10,15H,3,11,19H2,1-2H3. The quantitative estimate of drug-likeness (QED) is 0.902. The topological polar surface area (TPSA) is 35.2 Å². The molecule has 0 radical (unpaired) electrons. The molecule has 0 fully saturated rings. The van der Waals surface area contributed by atoms with Crippen LogP contribution in [0, 0.1) is 5.82 Å². The summed E-state index contributed by atoms with van der Waals surface area (Å²) in [4.78, 5) is 0. The van der Waals surface area contributed by atoms with E-state index in [1.807, 2.05) is 12.1 Å². The van der Waals surface area contributed by atoms with Crippen LogP contribution < -0.4 is 10.5 Å². The van der Waals surface area contributed by atoms with E-state index in [-0.39, 0.29) is 17.6 Å². The maximum absolute atomic E-state index is 14.1. The summed E-state index contributed by atoms with van der Waals surface area (Å²) in [7, 11) is 1.46. The Morgan fingerprint density at radius 3 is 2.45 bits per heavy atom. The van der Waals surface area contributed by atoms with E-state index in [1.165, 1.54) is 12.7 Å². The molecule has 0 heterocycles. The maximum Gasteiger partial charge on any atom is 0.168 e. The van der Waals surface area contributed by atoms with E-state index in [1.54, 1.807) is 18.2 Å². The predicted molar refractivity (Wildman–Crippen MR) is 79.4 cm³/mol. The van der Waals surface area contributed by atoms with Crippen molar-refractivity contribution >= 4 is 0 Å². The van der Waals surface area contributed by atoms with Gasteiger partial charge in [0.05, 0.1) is 7.11 Å². The molecule has 20 heavy (non-hydrogen) atoms. The molecule has 0 aromatic heterocycles. The number of nitrogens with two attached hydrogens (primary N) is 1. The number of methoxy groups -OCH3 is 1. The van der Waals surface area contributed by atoms with Gasteiger partial charge < -0.3 is 10.5 Å². The van der Waals surface area contributed by atoms with Gasteiger partial charge in [0.25, 0.3) is 0 Å². The van der Waals surface area contributed by atoms with Gasteiger partial charge in [-0.05, 0) is 35.6 Å². The smallest absolute Gasteiger partial charge is 0.168 e. The fourth-order valence-corrected chi connectivity index (χ4v) is 2.23. The van der Waals surface area contributed by atoms with Crippen LogP contribution in [0.25, 0.3) is 0 Å². The van der Waals surface area contributed by atoms with Gasteiger partial charge in [-0.1, -0.05) is 43.3 Å². The average molecular weight is 273 g/mol. The Morgan fingerprint density at radius 2 is 1.85 bits per heavy atom. The number of aryl methyl sites for hydroxylation is 1. The van der Waals surface area contributed by atoms with E-state index in [2.05, 4.69) is 19.1 Å². The molecular weight excluding hydrogens is 253 g/mol. The van der Waals surface area contributed by atoms with E-state index in [0.29, 0.717) is 12.0 Å². The third kappa shape index (κ3) is 3.17. The van der Waals surface area contributed by atoms with Crippen molar-refractivity contribution < 1.29 is 9.13 Å². The molecule has 0 saturated carbocycles. The van der Waals surface area contributed by atoms with Gasteiger partial charge in [0, 0.05) is 6.04 Å². The molecule has 2 rings (SSSR count). The van der Waals surface area contributed by atoms with E-state index in [9.17, 15) is 4.39 Å². The Morgan fingerprint density at radius 1 is 1.15 bits per heavy atom. The molecule has 1 unspecified atom stereocenters. The van der Waals surface area contributed by atoms with Crippen molar-refractivity contribution in [3.05, 3.63) is 65.0 Å². The molecule has 0 saturated heterocycles. The Kier molecular flexibility index (Phi) is 4.74. The van der Waals surface area contributed by atoms with Gasteiger partial charge in [0.15, 0.2) is 11.6 Å². The number of halogens is 1. The van der Waals surface area contributed by atoms with Crippen LogP contribution in [0.4, 0.5) is 4.39 Å². The van der Waals surface area contributed by atoms with Crippen molar-refractivity contribution in [1.82, 2.24) is 0 Å². The van der Waals surface area contributed by atoms with Crippen LogP contribution in [0.15, 0.2) is 42.5 Å². The van der Waals surface area contributed by atoms with Gasteiger partial charge in [0.1, 0.15) is 0 Å². The highest BCUT2D eigenvalue weighted by atomic mass is 19.1. The van der Waals surface area contributed by atoms with Crippen LogP contribution in [0.1, 0.15) is 29.7 Å². The molecule has 2 aromatic carbocycles. The molecule has 2 N–H and O–H groups in total. The zero-order chi connectivity index (χ0) is 14.5. The molecule has 0 spiro atoms. The zero-order valence-electron chi connectivity index (χ0n) is 11.9. The highest BCUT2D eigenvalue weighted by Crippen LogP contribution is 2.24. The van der Waals surface area contributed by atoms with Gasteiger partial charge in [-0.3, -0.25) is 0 Å². The molecule has 1 atom stereocenters. The summed E-state index contributed by atoms with van der Waals surface area (Å²) < 4.78 is 19.1. The minimum atomic E-state index is -0.323. The molecule has 0 bridgehead atoms. The molecular formula is C17H20FNO. The number of hydrogen-bond donors (Lipinski definition) is 1. The molecule has 0 aliphatic heterocycles. The largest absolute Gasteiger partial charge is 0.494 e. The van der Waals surface area contributed by atoms with E-state index in [0.717, 1.165) is 12.0 Å². The molecule has 3 heteroatoms. The first-order valence-electron chi connectivity index (χ1n) is 6.81. The third-order valence-electron chi connectivity index (χ3n) is 3.52. The summed E-state index contributed by atoms with van der Waals surface area (Å²) in [6.45, 7) is 2.11. The Bertz CT molecular complexity index is 566. The van der Waals surface area contributed by atoms with Crippen LogP contribution >= 0.6 is 0 Å². The van der Waals surface area contributed by atoms with Crippen LogP contribution in [0.5, 0.6) is 5.75 Å². The van der Waals surface area contributed by atoms with E-state index < -0.39 is 0 Å². The van der Waals surface area contributed by atoms with Gasteiger partial charge in [0.2, 0.25) is 0 Å². The molecule has 0 amide bonds. The summed E-state index contributed by atoms with van der Waals surface area (Å²) in [5, 5.41) is 0. The maximum atomic E-state index is 14.1. The lowest BCUT2D eigenvalue weighted by Gasteiger charge is -2.14. The van der Waals surface area contributed by atoms with Gasteiger partial charge in [-0.2, -0.15) is 0 Å². The van der Waals surface area contributed by atoms with Gasteiger partial charge >= 0.3 is 0 Å². The monoisotopic (exact) mass is 273 g/mol. The number of hydrogen-bond acceptors (Lipinski definition) is 2. The highest BCUT2D eigenvalue weighted by molar-refractivity contribution is 5.33. The summed E-state index contributed by atoms with van der Waals surface area (Å²) in [6, 6.07) is 13.1. The van der Waals surface area contributed by atoms with Crippen molar-refractivity contribution in [2.24, 2.45) is 5.73 Å². The molecule has 2 nitrogen and oxygen atoms in total. The Labute approximate surface area is 119 Å². The van der Waals surface area contributed by atoms with Crippen molar-refractivity contribution in [1.29, 1.82) is 0 Å². The van der Waals surface area contributed by atoms with Gasteiger partial charge in [-0.15, -0.1) is 0 Å². The van der Waals surface area contributed by atoms with Crippen molar-refractivity contribution in [3.8, 4) is 5.75 Å². The van der Waals surface area contributed by atoms with E-state index in [4.69, 9.17) is 10.5 Å². The first-order chi connectivity index (χ1) is 9.65. The fourth-order valence-electron chi connectivity index (χ4n) is 2.23. The SMILES string of the molecule is CCc1ccc(C(N)Cc2cccc(OC)c2F)cc1. The second kappa shape index (κ2) is 6.53. The average Bonchev–Trinajstić information content (AvgIpc) is 2.49. The lowest BCUT2D eigenvalue weighted by molar-refractivity contribution is 0.383. The summed E-state index contributed by atoms with van der Waals surface area (Å²) in [5.41, 5.74) is 9.04. The molecule has 0 aliphatic carbocycles. The summed E-state index contributed by atoms with van der Waals surface area (Å²) in [6.07, 6.45) is 1.45. The van der Waals surface area contributed by atoms with Crippen LogP contribution in [-0.4, -0.2) is 7.11 Å². The lowest BCUT2D eigenvalue weighted by atomic mass is 9.98. The second-order valence-corrected chi connectivity index (χ2v) is 4.84. The number of rotatable bonds is 5. The lowest BCUT2D eigenvalue weighted by Crippen LogP contribution is -2.14. The van der Waals surface area contributed by atoms with Crippen molar-refractivity contribution in [3.63, 3.8) is 0 Å². The van der Waals surface area contributed by atoms with Crippen LogP contribution in [-0.2, 0) is 12.8 Å². The van der Waals surface area contributed by atoms with E-state index >= 15 is 0 Å². The number of ether oxygens (including phenoxy) is 1. The molecule has 2 aromatic rings. The Balaban J connectivity index is 2.16. The molecule has 0 aliphatic rings. The van der Waals surface area contributed by atoms with Crippen molar-refractivity contribution in [2.45, 2.75) is 25.8 Å². The molecule has 106 valence electrons. The predicted octanol–water partition coefficient (Wildman–Crippen LogP) is 3.64. The first-order valence-corrected chi connectivity index (χ1v) is 6.81. The van der Waals surface area contributed by atoms with Crippen LogP contribution in [0.2, 0.25) is 0 Å². The summed E-state index contributed by atoms with van der Waals surface area (Å²) >= 11 is 0. The Hall–Kier alpha value is -1.87. The minimum Gasteiger partial charge on any atom is -0.494 e. The second-order valence-electron chi connectivity index (χ2n) is 4.84. The highest BCUT2D eigenvalue weighted by Gasteiger charge is 2.13. The normalized spacial score (nSPS) is 12.2. The third-order valence-corrected chi connectivity index (χ3v) is 3.52. The van der Waals surface area contributed by atoms with Crippen LogP contribution in [0.3, 0.4) is 0 Å². The fraction of sp³-hybridized carbons (Fsp3) is 0.294. The first kappa shape index (κ1) is 14.5. The van der Waals surface area contributed by atoms with Crippen molar-refractivity contribution in [2.75, 3.05) is 7.11 Å². The number of benzene rings is 2. The zero-order valence-corrected chi connectivity index (χ0v) is 11.9.